The summed E-state index contributed by atoms with van der Waals surface area (Å²) >= 11 is 0. The Hall–Kier alpha value is -2.79. The van der Waals surface area contributed by atoms with Gasteiger partial charge < -0.3 is 34.2 Å². The summed E-state index contributed by atoms with van der Waals surface area (Å²) in [6.45, 7) is 6.13. The third-order valence-electron chi connectivity index (χ3n) is 8.49. The van der Waals surface area contributed by atoms with E-state index in [0.717, 1.165) is 24.9 Å². The van der Waals surface area contributed by atoms with E-state index in [2.05, 4.69) is 10.6 Å². The highest BCUT2D eigenvalue weighted by Gasteiger charge is 2.66. The van der Waals surface area contributed by atoms with Crippen molar-refractivity contribution < 1.29 is 28.3 Å². The molecule has 5 atom stereocenters. The highest BCUT2D eigenvalue weighted by molar-refractivity contribution is 6.72. The topological polar surface area (TPSA) is 100 Å². The lowest BCUT2D eigenvalue weighted by atomic mass is 9.82. The second kappa shape index (κ2) is 10.6. The van der Waals surface area contributed by atoms with Gasteiger partial charge in [-0.25, -0.2) is 0 Å². The molecular formula is C29H38FN3O5Si. The Labute approximate surface area is 230 Å². The van der Waals surface area contributed by atoms with E-state index in [1.807, 2.05) is 43.3 Å². The van der Waals surface area contributed by atoms with Gasteiger partial charge in [0.1, 0.15) is 5.75 Å². The summed E-state index contributed by atoms with van der Waals surface area (Å²) in [4.78, 5) is 28.7. The molecule has 0 bridgehead atoms. The summed E-state index contributed by atoms with van der Waals surface area (Å²) in [5.74, 6) is -0.159. The molecule has 2 amide bonds. The highest BCUT2D eigenvalue weighted by atomic mass is 28.4. The normalized spacial score (nSPS) is 28.3. The Balaban J connectivity index is 1.49. The fraction of sp³-hybridized carbons (Fsp3) is 0.517. The molecule has 39 heavy (non-hydrogen) atoms. The van der Waals surface area contributed by atoms with Crippen molar-refractivity contribution in [1.82, 2.24) is 5.32 Å². The average molecular weight is 556 g/mol. The maximum atomic E-state index is 15.7. The maximum Gasteiger partial charge on any atom is 0.264 e. The first kappa shape index (κ1) is 27.8. The number of amides is 2. The number of aliphatic hydroxyl groups is 1. The molecule has 2 saturated heterocycles. The van der Waals surface area contributed by atoms with Crippen molar-refractivity contribution in [2.75, 3.05) is 30.5 Å². The van der Waals surface area contributed by atoms with Crippen LogP contribution in [0.4, 0.5) is 15.5 Å². The van der Waals surface area contributed by atoms with E-state index >= 15 is 4.11 Å². The van der Waals surface area contributed by atoms with Gasteiger partial charge in [-0.05, 0) is 74.8 Å². The molecule has 10 heteroatoms. The smallest absolute Gasteiger partial charge is 0.264 e. The van der Waals surface area contributed by atoms with Crippen LogP contribution in [0.2, 0.25) is 18.6 Å². The molecule has 0 saturated carbocycles. The van der Waals surface area contributed by atoms with Crippen molar-refractivity contribution in [1.29, 1.82) is 0 Å². The molecule has 3 heterocycles. The van der Waals surface area contributed by atoms with Crippen LogP contribution in [0, 0.1) is 5.92 Å². The standard InChI is InChI=1S/C29H38FN3O5Si/c1-18-26(39(3,4)30)25(12-14-34)38-29(18)22-16-21(37-2)10-11-24(22)33(28(29)36)17-19-7-5-8-20(15-19)32-27(35)23-9-6-13-31-23/h5,7-8,10-11,15-16,18,23,25-26,31,34H,6,9,12-14,17H2,1-4H3,(H,32,35)/t18-,23-,25+,26-,29+/m1/s1. The van der Waals surface area contributed by atoms with Gasteiger partial charge >= 0.3 is 0 Å². The van der Waals surface area contributed by atoms with Crippen molar-refractivity contribution >= 4 is 31.6 Å². The van der Waals surface area contributed by atoms with Crippen LogP contribution < -0.4 is 20.3 Å². The van der Waals surface area contributed by atoms with E-state index < -0.39 is 31.6 Å². The minimum atomic E-state index is -3.27. The highest BCUT2D eigenvalue weighted by Crippen LogP contribution is 2.60. The van der Waals surface area contributed by atoms with Crippen LogP contribution in [-0.2, 0) is 26.5 Å². The number of nitrogens with zero attached hydrogens (tertiary/aromatic N) is 1. The molecule has 0 aliphatic carbocycles. The van der Waals surface area contributed by atoms with E-state index in [1.165, 1.54) is 0 Å². The summed E-state index contributed by atoms with van der Waals surface area (Å²) in [6.07, 6.45) is 1.48. The van der Waals surface area contributed by atoms with Gasteiger partial charge in [-0.1, -0.05) is 19.1 Å². The summed E-state index contributed by atoms with van der Waals surface area (Å²) in [5.41, 5.74) is 1.04. The van der Waals surface area contributed by atoms with E-state index in [9.17, 15) is 14.7 Å². The average Bonchev–Trinajstić information content (AvgIpc) is 3.59. The third kappa shape index (κ3) is 4.88. The zero-order chi connectivity index (χ0) is 27.9. The zero-order valence-electron chi connectivity index (χ0n) is 23.0. The SMILES string of the molecule is COc1ccc2c(c1)[C@]1(O[C@@H](CCO)[C@H]([Si](C)(C)F)[C@H]1C)C(=O)N2Cc1cccc(NC(=O)[C@H]2CCCN2)c1. The van der Waals surface area contributed by atoms with Crippen LogP contribution in [-0.4, -0.2) is 57.7 Å². The Kier molecular flexibility index (Phi) is 7.58. The Morgan fingerprint density at radius 2 is 2.10 bits per heavy atom. The lowest BCUT2D eigenvalue weighted by molar-refractivity contribution is -0.146. The molecule has 1 spiro atoms. The number of methoxy groups -OCH3 is 1. The zero-order valence-corrected chi connectivity index (χ0v) is 24.0. The number of hydrogen-bond acceptors (Lipinski definition) is 6. The lowest BCUT2D eigenvalue weighted by Gasteiger charge is -2.31. The summed E-state index contributed by atoms with van der Waals surface area (Å²) in [7, 11) is -1.70. The Morgan fingerprint density at radius 1 is 1.31 bits per heavy atom. The predicted octanol–water partition coefficient (Wildman–Crippen LogP) is 4.09. The second-order valence-corrected chi connectivity index (χ2v) is 15.2. The summed E-state index contributed by atoms with van der Waals surface area (Å²) in [5, 5.41) is 15.9. The van der Waals surface area contributed by atoms with Gasteiger partial charge in [0.25, 0.3) is 5.91 Å². The van der Waals surface area contributed by atoms with Crippen LogP contribution in [0.15, 0.2) is 42.5 Å². The van der Waals surface area contributed by atoms with Gasteiger partial charge in [0.05, 0.1) is 31.5 Å². The van der Waals surface area contributed by atoms with Crippen molar-refractivity contribution in [2.24, 2.45) is 5.92 Å². The number of hydrogen-bond donors (Lipinski definition) is 3. The summed E-state index contributed by atoms with van der Waals surface area (Å²) < 4.78 is 27.8. The van der Waals surface area contributed by atoms with E-state index in [-0.39, 0.29) is 37.4 Å². The molecule has 0 aromatic heterocycles. The van der Waals surface area contributed by atoms with Crippen LogP contribution >= 0.6 is 0 Å². The molecule has 2 fully saturated rings. The third-order valence-corrected chi connectivity index (χ3v) is 11.0. The van der Waals surface area contributed by atoms with Gasteiger partial charge in [-0.15, -0.1) is 0 Å². The van der Waals surface area contributed by atoms with Gasteiger partial charge in [0.2, 0.25) is 14.3 Å². The maximum absolute atomic E-state index is 15.7. The first-order valence-electron chi connectivity index (χ1n) is 13.7. The number of halogens is 1. The van der Waals surface area contributed by atoms with E-state index in [4.69, 9.17) is 9.47 Å². The number of anilines is 2. The minimum Gasteiger partial charge on any atom is -0.497 e. The summed E-state index contributed by atoms with van der Waals surface area (Å²) in [6, 6.07) is 12.8. The molecule has 8 nitrogen and oxygen atoms in total. The first-order chi connectivity index (χ1) is 18.6. The van der Waals surface area contributed by atoms with E-state index in [0.29, 0.717) is 22.7 Å². The van der Waals surface area contributed by atoms with Crippen molar-refractivity contribution in [3.8, 4) is 5.75 Å². The predicted molar refractivity (Wildman–Crippen MR) is 150 cm³/mol. The molecule has 2 aromatic rings. The minimum absolute atomic E-state index is 0.0644. The molecule has 2 aromatic carbocycles. The van der Waals surface area contributed by atoms with E-state index in [1.54, 1.807) is 31.2 Å². The Bertz CT molecular complexity index is 1250. The first-order valence-corrected chi connectivity index (χ1v) is 16.7. The number of carbonyl (C=O) groups excluding carboxylic acids is 2. The van der Waals surface area contributed by atoms with Crippen molar-refractivity contribution in [2.45, 2.75) is 69.1 Å². The van der Waals surface area contributed by atoms with Crippen LogP contribution in [0.1, 0.15) is 37.3 Å². The monoisotopic (exact) mass is 555 g/mol. The van der Waals surface area contributed by atoms with Crippen LogP contribution in [0.5, 0.6) is 5.75 Å². The number of fused-ring (bicyclic) bond motifs is 2. The molecule has 0 radical (unpaired) electrons. The number of nitrogens with one attached hydrogen (secondary N) is 2. The quantitative estimate of drug-likeness (QED) is 0.335. The molecule has 3 aliphatic heterocycles. The van der Waals surface area contributed by atoms with Crippen molar-refractivity contribution in [3.63, 3.8) is 0 Å². The molecule has 3 N–H and O–H groups in total. The van der Waals surface area contributed by atoms with Crippen LogP contribution in [0.25, 0.3) is 0 Å². The molecular weight excluding hydrogens is 517 g/mol. The Morgan fingerprint density at radius 3 is 2.77 bits per heavy atom. The fourth-order valence-electron chi connectivity index (χ4n) is 6.78. The number of aliphatic hydroxyl groups excluding tert-OH is 1. The fourth-order valence-corrected chi connectivity index (χ4v) is 9.32. The van der Waals surface area contributed by atoms with Gasteiger partial charge in [-0.2, -0.15) is 0 Å². The van der Waals surface area contributed by atoms with Gasteiger partial charge in [-0.3, -0.25) is 9.59 Å². The number of benzene rings is 2. The molecule has 0 unspecified atom stereocenters. The second-order valence-electron chi connectivity index (χ2n) is 11.4. The number of carbonyl (C=O) groups is 2. The van der Waals surface area contributed by atoms with Gasteiger partial charge in [0.15, 0.2) is 5.60 Å². The molecule has 5 rings (SSSR count). The molecule has 3 aliphatic rings. The lowest BCUT2D eigenvalue weighted by Crippen LogP contribution is -2.45. The number of ether oxygens (including phenoxy) is 2. The van der Waals surface area contributed by atoms with Crippen molar-refractivity contribution in [3.05, 3.63) is 53.6 Å². The number of rotatable bonds is 8. The van der Waals surface area contributed by atoms with Crippen LogP contribution in [0.3, 0.4) is 0 Å². The largest absolute Gasteiger partial charge is 0.497 e. The van der Waals surface area contributed by atoms with Gasteiger partial charge in [0, 0.05) is 29.3 Å². The molecule has 210 valence electrons.